The second kappa shape index (κ2) is 58.8. The molecule has 7 rings (SSSR count). The number of imide groups is 2. The number of likely N-dealkylation sites (tertiary alicyclic amines) is 2. The van der Waals surface area contributed by atoms with Crippen molar-refractivity contribution in [3.8, 4) is 0 Å². The number of hydrogen-bond donors (Lipinski definition) is 10. The number of nitrogens with zero attached hydrogens (tertiary/aromatic N) is 5. The van der Waals surface area contributed by atoms with E-state index in [0.717, 1.165) is 64.7 Å². The predicted octanol–water partition coefficient (Wildman–Crippen LogP) is 14.3. The fourth-order valence-electron chi connectivity index (χ4n) is 21.2. The zero-order chi connectivity index (χ0) is 112. The number of hydrogen-bond acceptors (Lipinski definition) is 26. The number of esters is 5. The number of carbonyl (C=O) groups is 17. The number of cyclic esters (lactones) is 4. The minimum atomic E-state index is -1.74. The van der Waals surface area contributed by atoms with Crippen molar-refractivity contribution >= 4 is 118 Å². The third-order valence-corrected chi connectivity index (χ3v) is 29.9. The molecule has 3 aromatic rings. The molecule has 0 radical (unpaired) electrons. The van der Waals surface area contributed by atoms with Crippen LogP contribution in [0.1, 0.15) is 299 Å². The van der Waals surface area contributed by atoms with Crippen LogP contribution in [0.3, 0.4) is 0 Å². The average molecular weight is 2060 g/mol. The number of aliphatic carboxylic acids is 3. The van der Waals surface area contributed by atoms with Gasteiger partial charge < -0.3 is 82.1 Å². The minimum Gasteiger partial charge on any atom is -0.481 e. The van der Waals surface area contributed by atoms with Crippen LogP contribution in [0.2, 0.25) is 0 Å². The van der Waals surface area contributed by atoms with Crippen LogP contribution in [0.25, 0.3) is 0 Å². The van der Waals surface area contributed by atoms with Gasteiger partial charge in [-0.25, -0.2) is 0 Å². The number of carboxylic acids is 3. The number of benzene rings is 3. The number of nitrogens with one attached hydrogen (secondary N) is 4. The number of rotatable bonds is 54. The number of carbonyl (C=O) groups excluding carboxylic acids is 14. The molecule has 0 bridgehead atoms. The van der Waals surface area contributed by atoms with E-state index in [1.807, 2.05) is 135 Å². The first-order valence-corrected chi connectivity index (χ1v) is 52.5. The highest BCUT2D eigenvalue weighted by molar-refractivity contribution is 6.07. The van der Waals surface area contributed by atoms with Gasteiger partial charge in [0.05, 0.1) is 89.5 Å². The number of amides is 8. The van der Waals surface area contributed by atoms with Crippen molar-refractivity contribution in [3.63, 3.8) is 0 Å². The molecule has 0 saturated carbocycles. The Balaban J connectivity index is 0.00000128. The highest BCUT2D eigenvalue weighted by Gasteiger charge is 2.63. The summed E-state index contributed by atoms with van der Waals surface area (Å²) in [7, 11) is 11.5. The van der Waals surface area contributed by atoms with Gasteiger partial charge in [0, 0.05) is 128 Å². The van der Waals surface area contributed by atoms with Gasteiger partial charge in [0.1, 0.15) is 0 Å². The van der Waals surface area contributed by atoms with Crippen LogP contribution in [0, 0.1) is 121 Å². The summed E-state index contributed by atoms with van der Waals surface area (Å²) in [6.07, 6.45) is 5.28. The standard InChI is InChI=1S/C84H128N8O19.C13H20N2O.C10H16O3.C3H9N.C2H6O/c1-22-26-38-87-68(96)61(57(74(103)104)47-84(16,17)64(77(108)110-25-4)58(75(105)106)48-80(8,9)59-49(5)76(107)111-78(59)109)81(10,11)44-54-62(71(99)91(69(54)97)42-27-23-2)82(12,13)45-55-63(72(100)92(70(55)98)43-29-41-86-66(94)51-32-36-53(37-33-51)90(20)21)83(14,15)46-56(73(101)102)60(79(6,7)24-3)67(95)88-40-28-39-85-65(93)50-30-34-52(35-31-50)89(18)19;1-15(2)12-8-6-11(7-9-12)13(16)5-3-4-10-14;1-5-10(3,4)7-6(2)8(11)13-9(7)12;1-2-3-4;1-2-3/h30-37,49,54-64H,22-29,38-48H2,1-21H3,(H,85,93)(H,86,94)(H,87,96)(H,88,95)(H,101,102)(H,103,104)(H,105,106);6-9H,3-5,10,14H2,1-2H3;6-7H,5H2,1-4H3;2-4H2,1H3;3H,2H2,1H3. The quantitative estimate of drug-likeness (QED) is 0.00626. The van der Waals surface area contributed by atoms with Crippen molar-refractivity contribution in [2.24, 2.45) is 132 Å². The Morgan fingerprint density at radius 2 is 0.748 bits per heavy atom. The molecule has 4 fully saturated rings. The van der Waals surface area contributed by atoms with Crippen LogP contribution in [0.15, 0.2) is 72.8 Å². The fourth-order valence-corrected chi connectivity index (χ4v) is 21.2. The number of Topliss-reactive ketones (excluding diaryl/α,β-unsaturated/α-hetero) is 1. The SMILES string of the molecule is CCC(C)(C)C1C(=O)OC(=O)C1C.CCCCNC(=O)C(C(CC(C)(C)C(C(=O)OCC)C(CC(C)(C)C1C(=O)OC(=O)C1C)C(=O)O)C(=O)O)C(C)(C)CC1C(=O)N(CCCC)C(=O)C1C(C)(C)CC1C(=O)N(CCCNC(=O)c2ccc(N(C)C)cc2)C(=O)C1C(C)(C)CC(C(=O)O)C(C(=O)NCCCNC(=O)c1ccc(N(C)C)cc1)C(C)(C)CC.CCCN.CCO.CN(C)c1ccc(C(=O)CCCCN)cc1. The molecule has 4 aliphatic heterocycles. The lowest BCUT2D eigenvalue weighted by molar-refractivity contribution is -0.168. The van der Waals surface area contributed by atoms with Crippen LogP contribution in [0.5, 0.6) is 0 Å². The van der Waals surface area contributed by atoms with Crippen molar-refractivity contribution in [3.05, 3.63) is 89.5 Å². The van der Waals surface area contributed by atoms with Crippen LogP contribution in [-0.4, -0.2) is 239 Å². The van der Waals surface area contributed by atoms with Crippen molar-refractivity contribution < 1.29 is 116 Å². The van der Waals surface area contributed by atoms with Crippen LogP contribution >= 0.6 is 0 Å². The molecule has 4 heterocycles. The summed E-state index contributed by atoms with van der Waals surface area (Å²) in [5.74, 6) is -29.3. The molecule has 12 N–H and O–H groups in total. The Morgan fingerprint density at radius 3 is 1.12 bits per heavy atom. The Labute approximate surface area is 873 Å². The first kappa shape index (κ1) is 130. The Morgan fingerprint density at radius 1 is 0.395 bits per heavy atom. The topological polar surface area (TPSA) is 515 Å². The summed E-state index contributed by atoms with van der Waals surface area (Å²) < 4.78 is 15.1. The minimum absolute atomic E-state index is 0.0225. The highest BCUT2D eigenvalue weighted by Crippen LogP contribution is 2.57. The van der Waals surface area contributed by atoms with Gasteiger partial charge in [0.15, 0.2) is 5.78 Å². The number of ether oxygens (including phenoxy) is 3. The van der Waals surface area contributed by atoms with E-state index in [1.165, 1.54) is 27.7 Å². The molecule has 0 aromatic heterocycles. The summed E-state index contributed by atoms with van der Waals surface area (Å²) in [5.41, 5.74) is 6.37. The Hall–Kier alpha value is -11.1. The molecular weight excluding hydrogens is 1880 g/mol. The molecule has 147 heavy (non-hydrogen) atoms. The van der Waals surface area contributed by atoms with Crippen molar-refractivity contribution in [1.82, 2.24) is 31.1 Å². The lowest BCUT2D eigenvalue weighted by atomic mass is 9.57. The van der Waals surface area contributed by atoms with E-state index in [9.17, 15) is 72.9 Å². The number of anilines is 3. The lowest BCUT2D eigenvalue weighted by Crippen LogP contribution is -2.51. The van der Waals surface area contributed by atoms with E-state index in [4.69, 9.17) is 26.0 Å². The molecule has 3 aromatic carbocycles. The molecule has 35 heteroatoms. The second-order valence-electron chi connectivity index (χ2n) is 45.1. The molecule has 35 nitrogen and oxygen atoms in total. The molecule has 14 unspecified atom stereocenters. The molecule has 14 atom stereocenters. The maximum atomic E-state index is 15.7. The second-order valence-corrected chi connectivity index (χ2v) is 45.1. The zero-order valence-electron chi connectivity index (χ0n) is 93.4. The molecule has 8 amide bonds. The van der Waals surface area contributed by atoms with Gasteiger partial charge in [0.25, 0.3) is 11.8 Å². The molecular formula is C112H179N11O24. The molecule has 0 spiro atoms. The molecule has 826 valence electrons. The first-order valence-electron chi connectivity index (χ1n) is 52.5. The van der Waals surface area contributed by atoms with E-state index in [2.05, 4.69) is 32.9 Å². The van der Waals surface area contributed by atoms with Crippen LogP contribution < -0.4 is 47.4 Å². The third kappa shape index (κ3) is 36.1. The maximum absolute atomic E-state index is 15.7. The van der Waals surface area contributed by atoms with Crippen LogP contribution in [0.4, 0.5) is 17.1 Å². The van der Waals surface area contributed by atoms with Gasteiger partial charge in [-0.1, -0.05) is 171 Å². The monoisotopic (exact) mass is 2060 g/mol. The predicted molar refractivity (Wildman–Crippen MR) is 567 cm³/mol. The van der Waals surface area contributed by atoms with Gasteiger partial charge in [-0.3, -0.25) is 91.3 Å². The lowest BCUT2D eigenvalue weighted by Gasteiger charge is -2.45. The van der Waals surface area contributed by atoms with Gasteiger partial charge in [-0.15, -0.1) is 0 Å². The summed E-state index contributed by atoms with van der Waals surface area (Å²) in [6.45, 7) is 41.5. The normalized spacial score (nSPS) is 19.3. The summed E-state index contributed by atoms with van der Waals surface area (Å²) in [4.78, 5) is 244. The highest BCUT2D eigenvalue weighted by atomic mass is 16.6. The van der Waals surface area contributed by atoms with Gasteiger partial charge in [-0.2, -0.15) is 0 Å². The van der Waals surface area contributed by atoms with Gasteiger partial charge in [0.2, 0.25) is 35.4 Å². The van der Waals surface area contributed by atoms with Crippen LogP contribution in [-0.2, 0) is 81.3 Å². The number of carboxylic acid groups (broad SMARTS) is 3. The zero-order valence-corrected chi connectivity index (χ0v) is 93.4. The molecule has 4 aliphatic rings. The number of ketones is 1. The summed E-state index contributed by atoms with van der Waals surface area (Å²) in [6, 6.07) is 21.7. The van der Waals surface area contributed by atoms with E-state index in [0.29, 0.717) is 62.6 Å². The summed E-state index contributed by atoms with van der Waals surface area (Å²) >= 11 is 0. The van der Waals surface area contributed by atoms with Crippen molar-refractivity contribution in [2.45, 2.75) is 268 Å². The summed E-state index contributed by atoms with van der Waals surface area (Å²) in [5, 5.41) is 53.4. The van der Waals surface area contributed by atoms with Gasteiger partial charge in [-0.05, 0) is 215 Å². The maximum Gasteiger partial charge on any atom is 0.318 e. The van der Waals surface area contributed by atoms with E-state index < -0.39 is 187 Å². The number of aliphatic hydroxyl groups is 1. The number of nitrogens with two attached hydrogens (primary N) is 2. The van der Waals surface area contributed by atoms with E-state index in [1.54, 1.807) is 119 Å². The third-order valence-electron chi connectivity index (χ3n) is 29.9. The van der Waals surface area contributed by atoms with Crippen molar-refractivity contribution in [2.75, 3.05) is 123 Å². The van der Waals surface area contributed by atoms with E-state index >= 15 is 24.0 Å². The van der Waals surface area contributed by atoms with Gasteiger partial charge >= 0.3 is 47.8 Å². The number of aliphatic hydroxyl groups excluding tert-OH is 1. The molecule has 4 saturated heterocycles. The molecule has 0 aliphatic carbocycles. The first-order chi connectivity index (χ1) is 68.4. The average Bonchev–Trinajstić information content (AvgIpc) is 1.59. The number of unbranched alkanes of at least 4 members (excludes halogenated alkanes) is 3. The Kier molecular flexibility index (Phi) is 52.0. The largest absolute Gasteiger partial charge is 0.481 e. The van der Waals surface area contributed by atoms with Crippen molar-refractivity contribution in [1.29, 1.82) is 0 Å². The Bertz CT molecular complexity index is 4890. The fraction of sp³-hybridized carbons (Fsp3) is 0.688. The smallest absolute Gasteiger partial charge is 0.318 e. The van der Waals surface area contributed by atoms with E-state index in [-0.39, 0.29) is 125 Å².